The molecule has 0 heterocycles. The fourth-order valence-electron chi connectivity index (χ4n) is 3.70. The van der Waals surface area contributed by atoms with Gasteiger partial charge in [0, 0.05) is 18.1 Å². The Kier molecular flexibility index (Phi) is 5.30. The predicted octanol–water partition coefficient (Wildman–Crippen LogP) is 3.20. The molecule has 3 N–H and O–H groups in total. The zero-order valence-corrected chi connectivity index (χ0v) is 11.5. The van der Waals surface area contributed by atoms with Crippen molar-refractivity contribution >= 4 is 0 Å². The molecule has 3 atom stereocenters. The van der Waals surface area contributed by atoms with Gasteiger partial charge in [-0.2, -0.15) is 0 Å². The molecule has 2 nitrogen and oxygen atoms in total. The van der Waals surface area contributed by atoms with Crippen LogP contribution in [0.4, 0.5) is 0 Å². The molecule has 17 heavy (non-hydrogen) atoms. The predicted molar refractivity (Wildman–Crippen MR) is 74.0 cm³/mol. The molecule has 2 aliphatic carbocycles. The van der Waals surface area contributed by atoms with Crippen molar-refractivity contribution in [1.82, 2.24) is 5.32 Å². The molecular weight excluding hydrogens is 208 g/mol. The largest absolute Gasteiger partial charge is 0.328 e. The van der Waals surface area contributed by atoms with E-state index in [1.807, 2.05) is 0 Å². The molecule has 0 amide bonds. The Balaban J connectivity index is 1.76. The van der Waals surface area contributed by atoms with Crippen LogP contribution >= 0.6 is 0 Å². The Bertz CT molecular complexity index is 209. The van der Waals surface area contributed by atoms with E-state index in [1.54, 1.807) is 0 Å². The van der Waals surface area contributed by atoms with Crippen molar-refractivity contribution in [2.24, 2.45) is 11.7 Å². The van der Waals surface area contributed by atoms with Crippen LogP contribution in [-0.2, 0) is 0 Å². The Morgan fingerprint density at radius 3 is 2.29 bits per heavy atom. The second-order valence-electron chi connectivity index (χ2n) is 6.33. The zero-order chi connectivity index (χ0) is 12.1. The van der Waals surface area contributed by atoms with Crippen molar-refractivity contribution in [2.75, 3.05) is 0 Å². The van der Waals surface area contributed by atoms with Crippen molar-refractivity contribution in [2.45, 2.75) is 89.3 Å². The molecule has 0 radical (unpaired) electrons. The Morgan fingerprint density at radius 1 is 0.941 bits per heavy atom. The molecule has 0 bridgehead atoms. The maximum atomic E-state index is 6.06. The van der Waals surface area contributed by atoms with Crippen LogP contribution < -0.4 is 11.1 Å². The van der Waals surface area contributed by atoms with Crippen molar-refractivity contribution in [3.63, 3.8) is 0 Å². The number of nitrogens with one attached hydrogen (secondary N) is 1. The van der Waals surface area contributed by atoms with Crippen LogP contribution in [-0.4, -0.2) is 18.1 Å². The van der Waals surface area contributed by atoms with E-state index < -0.39 is 0 Å². The van der Waals surface area contributed by atoms with Crippen LogP contribution in [0.5, 0.6) is 0 Å². The van der Waals surface area contributed by atoms with Crippen LogP contribution in [0.3, 0.4) is 0 Å². The quantitative estimate of drug-likeness (QED) is 0.741. The van der Waals surface area contributed by atoms with E-state index >= 15 is 0 Å². The van der Waals surface area contributed by atoms with E-state index in [4.69, 9.17) is 5.73 Å². The van der Waals surface area contributed by atoms with Gasteiger partial charge in [-0.25, -0.2) is 0 Å². The molecule has 2 saturated carbocycles. The first-order valence-corrected chi connectivity index (χ1v) is 7.77. The molecule has 0 saturated heterocycles. The van der Waals surface area contributed by atoms with E-state index in [0.29, 0.717) is 18.1 Å². The SMILES string of the molecule is C[C@@H](NC1CCCC(N)C1)C1CCCCCC1. The molecule has 2 heteroatoms. The average molecular weight is 238 g/mol. The summed E-state index contributed by atoms with van der Waals surface area (Å²) < 4.78 is 0. The van der Waals surface area contributed by atoms with Gasteiger partial charge in [0.2, 0.25) is 0 Å². The fraction of sp³-hybridized carbons (Fsp3) is 1.00. The minimum Gasteiger partial charge on any atom is -0.328 e. The molecule has 0 spiro atoms. The van der Waals surface area contributed by atoms with E-state index in [0.717, 1.165) is 5.92 Å². The molecule has 0 aromatic heterocycles. The van der Waals surface area contributed by atoms with Crippen molar-refractivity contribution in [3.05, 3.63) is 0 Å². The van der Waals surface area contributed by atoms with Gasteiger partial charge >= 0.3 is 0 Å². The fourth-order valence-corrected chi connectivity index (χ4v) is 3.70. The number of nitrogens with two attached hydrogens (primary N) is 1. The summed E-state index contributed by atoms with van der Waals surface area (Å²) in [4.78, 5) is 0. The molecule has 2 unspecified atom stereocenters. The van der Waals surface area contributed by atoms with Gasteiger partial charge < -0.3 is 11.1 Å². The highest BCUT2D eigenvalue weighted by molar-refractivity contribution is 4.84. The van der Waals surface area contributed by atoms with Crippen LogP contribution in [0.25, 0.3) is 0 Å². The lowest BCUT2D eigenvalue weighted by atomic mass is 9.88. The number of hydrogen-bond acceptors (Lipinski definition) is 2. The van der Waals surface area contributed by atoms with Crippen LogP contribution in [0.15, 0.2) is 0 Å². The van der Waals surface area contributed by atoms with Crippen LogP contribution in [0, 0.1) is 5.92 Å². The maximum Gasteiger partial charge on any atom is 0.00843 e. The third-order valence-corrected chi connectivity index (χ3v) is 4.82. The van der Waals surface area contributed by atoms with Crippen LogP contribution in [0.1, 0.15) is 71.1 Å². The minimum absolute atomic E-state index is 0.447. The van der Waals surface area contributed by atoms with Gasteiger partial charge in [-0.1, -0.05) is 32.1 Å². The lowest BCUT2D eigenvalue weighted by Gasteiger charge is -2.33. The summed E-state index contributed by atoms with van der Waals surface area (Å²) in [6.07, 6.45) is 13.8. The Hall–Kier alpha value is -0.0800. The lowest BCUT2D eigenvalue weighted by Crippen LogP contribution is -2.45. The number of rotatable bonds is 3. The molecule has 2 aliphatic rings. The molecule has 0 aromatic rings. The second kappa shape index (κ2) is 6.75. The summed E-state index contributed by atoms with van der Waals surface area (Å²) >= 11 is 0. The average Bonchev–Trinajstić information content (AvgIpc) is 2.57. The van der Waals surface area contributed by atoms with Gasteiger partial charge in [0.25, 0.3) is 0 Å². The second-order valence-corrected chi connectivity index (χ2v) is 6.33. The maximum absolute atomic E-state index is 6.06. The Labute approximate surface area is 107 Å². The Morgan fingerprint density at radius 2 is 1.65 bits per heavy atom. The van der Waals surface area contributed by atoms with Gasteiger partial charge in [-0.3, -0.25) is 0 Å². The van der Waals surface area contributed by atoms with Gasteiger partial charge in [-0.05, 0) is 44.9 Å². The molecule has 100 valence electrons. The molecule has 2 fully saturated rings. The molecule has 0 aromatic carbocycles. The first-order valence-electron chi connectivity index (χ1n) is 7.77. The highest BCUT2D eigenvalue weighted by Gasteiger charge is 2.24. The smallest absolute Gasteiger partial charge is 0.00843 e. The monoisotopic (exact) mass is 238 g/mol. The summed E-state index contributed by atoms with van der Waals surface area (Å²) in [6.45, 7) is 2.40. The van der Waals surface area contributed by atoms with Gasteiger partial charge in [0.1, 0.15) is 0 Å². The minimum atomic E-state index is 0.447. The van der Waals surface area contributed by atoms with E-state index in [2.05, 4.69) is 12.2 Å². The first-order chi connectivity index (χ1) is 8.25. The highest BCUT2D eigenvalue weighted by atomic mass is 15.0. The van der Waals surface area contributed by atoms with E-state index in [-0.39, 0.29) is 0 Å². The normalized spacial score (nSPS) is 34.2. The van der Waals surface area contributed by atoms with Crippen molar-refractivity contribution in [3.8, 4) is 0 Å². The van der Waals surface area contributed by atoms with Gasteiger partial charge in [-0.15, -0.1) is 0 Å². The van der Waals surface area contributed by atoms with Crippen molar-refractivity contribution in [1.29, 1.82) is 0 Å². The standard InChI is InChI=1S/C15H30N2/c1-12(13-7-4-2-3-5-8-13)17-15-10-6-9-14(16)11-15/h12-15,17H,2-11,16H2,1H3/t12-,14?,15?/m1/s1. The summed E-state index contributed by atoms with van der Waals surface area (Å²) in [5.41, 5.74) is 6.06. The number of hydrogen-bond donors (Lipinski definition) is 2. The topological polar surface area (TPSA) is 38.0 Å². The third-order valence-electron chi connectivity index (χ3n) is 4.82. The summed E-state index contributed by atoms with van der Waals surface area (Å²) in [7, 11) is 0. The molecular formula is C15H30N2. The molecule has 0 aliphatic heterocycles. The highest BCUT2D eigenvalue weighted by Crippen LogP contribution is 2.27. The van der Waals surface area contributed by atoms with E-state index in [9.17, 15) is 0 Å². The first kappa shape index (κ1) is 13.4. The van der Waals surface area contributed by atoms with Gasteiger partial charge in [0.15, 0.2) is 0 Å². The third kappa shape index (κ3) is 4.26. The van der Waals surface area contributed by atoms with Crippen molar-refractivity contribution < 1.29 is 0 Å². The summed E-state index contributed by atoms with van der Waals surface area (Å²) in [6, 6.07) is 1.84. The summed E-state index contributed by atoms with van der Waals surface area (Å²) in [5.74, 6) is 0.913. The van der Waals surface area contributed by atoms with E-state index in [1.165, 1.54) is 64.2 Å². The molecule has 2 rings (SSSR count). The van der Waals surface area contributed by atoms with Crippen LogP contribution in [0.2, 0.25) is 0 Å². The summed E-state index contributed by atoms with van der Waals surface area (Å²) in [5, 5.41) is 3.87. The lowest BCUT2D eigenvalue weighted by molar-refractivity contribution is 0.262. The van der Waals surface area contributed by atoms with Gasteiger partial charge in [0.05, 0.1) is 0 Å². The zero-order valence-electron chi connectivity index (χ0n) is 11.5.